The number of nitrogens with one attached hydrogen (secondary N) is 1. The van der Waals surface area contributed by atoms with Crippen molar-refractivity contribution in [3.8, 4) is 17.3 Å². The van der Waals surface area contributed by atoms with E-state index >= 15 is 0 Å². The number of fused-ring (bicyclic) bond motifs is 1. The van der Waals surface area contributed by atoms with Gasteiger partial charge in [-0.25, -0.2) is 9.97 Å². The Balaban J connectivity index is 2.09. The lowest BCUT2D eigenvalue weighted by Crippen LogP contribution is -1.98. The van der Waals surface area contributed by atoms with Crippen molar-refractivity contribution in [2.45, 2.75) is 19.8 Å². The number of aromatic nitrogens is 3. The van der Waals surface area contributed by atoms with Crippen LogP contribution in [0.3, 0.4) is 0 Å². The van der Waals surface area contributed by atoms with Gasteiger partial charge in [0.1, 0.15) is 5.82 Å². The lowest BCUT2D eigenvalue weighted by Gasteiger charge is -2.04. The zero-order chi connectivity index (χ0) is 13.9. The zero-order valence-electron chi connectivity index (χ0n) is 11.2. The minimum absolute atomic E-state index is 0.441. The van der Waals surface area contributed by atoms with Crippen LogP contribution in [0.1, 0.15) is 17.9 Å². The number of benzene rings is 1. The fourth-order valence-electron chi connectivity index (χ4n) is 2.33. The number of aryl methyl sites for hydroxylation is 2. The fourth-order valence-corrected chi connectivity index (χ4v) is 2.33. The van der Waals surface area contributed by atoms with Gasteiger partial charge in [0.15, 0.2) is 0 Å². The van der Waals surface area contributed by atoms with Crippen LogP contribution in [0.2, 0.25) is 0 Å². The number of para-hydroxylation sites is 1. The van der Waals surface area contributed by atoms with Crippen LogP contribution in [0.4, 0.5) is 0 Å². The van der Waals surface area contributed by atoms with E-state index in [-0.39, 0.29) is 0 Å². The molecule has 0 radical (unpaired) electrons. The summed E-state index contributed by atoms with van der Waals surface area (Å²) in [6, 6.07) is 12.3. The highest BCUT2D eigenvalue weighted by atomic mass is 14.9. The van der Waals surface area contributed by atoms with Gasteiger partial charge in [-0.2, -0.15) is 5.26 Å². The van der Waals surface area contributed by atoms with Gasteiger partial charge in [-0.15, -0.1) is 0 Å². The molecule has 0 aliphatic carbocycles. The molecule has 0 unspecified atom stereocenters. The van der Waals surface area contributed by atoms with Crippen LogP contribution in [0.25, 0.3) is 22.2 Å². The summed E-state index contributed by atoms with van der Waals surface area (Å²) in [7, 11) is 0. The second-order valence-electron chi connectivity index (χ2n) is 4.72. The van der Waals surface area contributed by atoms with Crippen molar-refractivity contribution < 1.29 is 0 Å². The topological polar surface area (TPSA) is 65.4 Å². The number of hydrogen-bond donors (Lipinski definition) is 1. The van der Waals surface area contributed by atoms with E-state index in [0.717, 1.165) is 33.7 Å². The van der Waals surface area contributed by atoms with Crippen molar-refractivity contribution >= 4 is 10.9 Å². The third kappa shape index (κ3) is 2.26. The van der Waals surface area contributed by atoms with Crippen molar-refractivity contribution in [3.05, 3.63) is 48.0 Å². The monoisotopic (exact) mass is 262 g/mol. The Bertz CT molecular complexity index is 796. The molecule has 0 spiro atoms. The van der Waals surface area contributed by atoms with E-state index in [1.165, 1.54) is 0 Å². The first-order valence-corrected chi connectivity index (χ1v) is 6.56. The predicted octanol–water partition coefficient (Wildman–Crippen LogP) is 3.39. The molecule has 98 valence electrons. The first kappa shape index (κ1) is 12.4. The SMILES string of the molecule is Cc1cc(-c2c[nH]c3ccccc23)nc(CCC#N)n1. The van der Waals surface area contributed by atoms with Gasteiger partial charge >= 0.3 is 0 Å². The molecule has 1 N–H and O–H groups in total. The van der Waals surface area contributed by atoms with E-state index in [0.29, 0.717) is 12.8 Å². The first-order chi connectivity index (χ1) is 9.78. The van der Waals surface area contributed by atoms with E-state index in [1.807, 2.05) is 37.4 Å². The lowest BCUT2D eigenvalue weighted by molar-refractivity contribution is 0.873. The van der Waals surface area contributed by atoms with Crippen LogP contribution >= 0.6 is 0 Å². The van der Waals surface area contributed by atoms with Gasteiger partial charge in [0, 0.05) is 41.2 Å². The minimum Gasteiger partial charge on any atom is -0.360 e. The quantitative estimate of drug-likeness (QED) is 0.786. The summed E-state index contributed by atoms with van der Waals surface area (Å²) in [4.78, 5) is 12.2. The summed E-state index contributed by atoms with van der Waals surface area (Å²) in [6.07, 6.45) is 3.00. The van der Waals surface area contributed by atoms with Crippen LogP contribution in [0.15, 0.2) is 36.5 Å². The first-order valence-electron chi connectivity index (χ1n) is 6.56. The summed E-state index contributed by atoms with van der Waals surface area (Å²) in [5.41, 5.74) is 4.00. The van der Waals surface area contributed by atoms with Gasteiger partial charge in [0.25, 0.3) is 0 Å². The molecule has 0 amide bonds. The molecular formula is C16H14N4. The van der Waals surface area contributed by atoms with Crippen LogP contribution in [-0.2, 0) is 6.42 Å². The van der Waals surface area contributed by atoms with Gasteiger partial charge in [-0.05, 0) is 19.1 Å². The molecule has 20 heavy (non-hydrogen) atoms. The second-order valence-corrected chi connectivity index (χ2v) is 4.72. The maximum atomic E-state index is 8.68. The Labute approximate surface area is 117 Å². The van der Waals surface area contributed by atoms with Crippen LogP contribution in [-0.4, -0.2) is 15.0 Å². The molecule has 0 saturated carbocycles. The largest absolute Gasteiger partial charge is 0.360 e. The molecule has 0 fully saturated rings. The Kier molecular flexibility index (Phi) is 3.18. The summed E-state index contributed by atoms with van der Waals surface area (Å²) in [5, 5.41) is 9.83. The highest BCUT2D eigenvalue weighted by Crippen LogP contribution is 2.27. The lowest BCUT2D eigenvalue weighted by atomic mass is 10.1. The number of hydrogen-bond acceptors (Lipinski definition) is 3. The van der Waals surface area contributed by atoms with E-state index in [9.17, 15) is 0 Å². The third-order valence-electron chi connectivity index (χ3n) is 3.23. The standard InChI is InChI=1S/C16H14N4/c1-11-9-15(20-16(19-11)7-4-8-17)13-10-18-14-6-3-2-5-12(13)14/h2-3,5-6,9-10,18H,4,7H2,1H3. The Morgan fingerprint density at radius 3 is 2.95 bits per heavy atom. The van der Waals surface area contributed by atoms with Crippen LogP contribution in [0.5, 0.6) is 0 Å². The maximum absolute atomic E-state index is 8.68. The van der Waals surface area contributed by atoms with Crippen LogP contribution in [0, 0.1) is 18.3 Å². The summed E-state index contributed by atoms with van der Waals surface area (Å²) < 4.78 is 0. The van der Waals surface area contributed by atoms with Gasteiger partial charge < -0.3 is 4.98 Å². The summed E-state index contributed by atoms with van der Waals surface area (Å²) in [6.45, 7) is 1.95. The third-order valence-corrected chi connectivity index (χ3v) is 3.23. The molecule has 0 saturated heterocycles. The molecule has 4 nitrogen and oxygen atoms in total. The summed E-state index contributed by atoms with van der Waals surface area (Å²) >= 11 is 0. The molecule has 0 atom stereocenters. The fraction of sp³-hybridized carbons (Fsp3) is 0.188. The van der Waals surface area contributed by atoms with Gasteiger partial charge in [-0.3, -0.25) is 0 Å². The van der Waals surface area contributed by atoms with Crippen molar-refractivity contribution in [2.75, 3.05) is 0 Å². The average Bonchev–Trinajstić information content (AvgIpc) is 2.88. The molecule has 0 bridgehead atoms. The number of nitriles is 1. The molecule has 2 aromatic heterocycles. The van der Waals surface area contributed by atoms with Gasteiger partial charge in [0.2, 0.25) is 0 Å². The number of aromatic amines is 1. The Hall–Kier alpha value is -2.67. The highest BCUT2D eigenvalue weighted by Gasteiger charge is 2.09. The van der Waals surface area contributed by atoms with E-state index in [2.05, 4.69) is 27.1 Å². The Morgan fingerprint density at radius 1 is 1.25 bits per heavy atom. The van der Waals surface area contributed by atoms with Crippen molar-refractivity contribution in [3.63, 3.8) is 0 Å². The molecule has 0 aliphatic heterocycles. The minimum atomic E-state index is 0.441. The molecule has 2 heterocycles. The van der Waals surface area contributed by atoms with Crippen molar-refractivity contribution in [1.82, 2.24) is 15.0 Å². The second kappa shape index (κ2) is 5.14. The van der Waals surface area contributed by atoms with Crippen LogP contribution < -0.4 is 0 Å². The van der Waals surface area contributed by atoms with E-state index < -0.39 is 0 Å². The normalized spacial score (nSPS) is 10.6. The molecular weight excluding hydrogens is 248 g/mol. The summed E-state index contributed by atoms with van der Waals surface area (Å²) in [5.74, 6) is 0.729. The molecule has 0 aliphatic rings. The zero-order valence-corrected chi connectivity index (χ0v) is 11.2. The van der Waals surface area contributed by atoms with E-state index in [4.69, 9.17) is 5.26 Å². The number of rotatable bonds is 3. The smallest absolute Gasteiger partial charge is 0.130 e. The number of nitrogens with zero attached hydrogens (tertiary/aromatic N) is 3. The maximum Gasteiger partial charge on any atom is 0.130 e. The molecule has 3 rings (SSSR count). The molecule has 3 aromatic rings. The molecule has 1 aromatic carbocycles. The highest BCUT2D eigenvalue weighted by molar-refractivity contribution is 5.94. The average molecular weight is 262 g/mol. The van der Waals surface area contributed by atoms with Gasteiger partial charge in [-0.1, -0.05) is 18.2 Å². The van der Waals surface area contributed by atoms with Crippen molar-refractivity contribution in [2.24, 2.45) is 0 Å². The van der Waals surface area contributed by atoms with Gasteiger partial charge in [0.05, 0.1) is 11.8 Å². The predicted molar refractivity (Wildman–Crippen MR) is 78.0 cm³/mol. The number of H-pyrrole nitrogens is 1. The molecule has 4 heteroatoms. The van der Waals surface area contributed by atoms with Crippen molar-refractivity contribution in [1.29, 1.82) is 5.26 Å². The van der Waals surface area contributed by atoms with E-state index in [1.54, 1.807) is 0 Å². The Morgan fingerprint density at radius 2 is 2.10 bits per heavy atom.